The van der Waals surface area contributed by atoms with Gasteiger partial charge in [-0.2, -0.15) is 0 Å². The fourth-order valence-corrected chi connectivity index (χ4v) is 4.73. The van der Waals surface area contributed by atoms with E-state index < -0.39 is 23.7 Å². The first-order valence-corrected chi connectivity index (χ1v) is 13.2. The second-order valence-corrected chi connectivity index (χ2v) is 9.76. The van der Waals surface area contributed by atoms with Crippen molar-refractivity contribution >= 4 is 0 Å². The highest BCUT2D eigenvalue weighted by Crippen LogP contribution is 2.33. The smallest absolute Gasteiger partial charge is 0.186 e. The van der Waals surface area contributed by atoms with E-state index in [4.69, 9.17) is 9.47 Å². The maximum absolute atomic E-state index is 15.0. The quantitative estimate of drug-likeness (QED) is 0.190. The molecule has 0 bridgehead atoms. The molecule has 5 heteroatoms. The maximum atomic E-state index is 15.0. The van der Waals surface area contributed by atoms with E-state index in [9.17, 15) is 13.2 Å². The monoisotopic (exact) mass is 508 g/mol. The first kappa shape index (κ1) is 27.2. The van der Waals surface area contributed by atoms with E-state index in [0.29, 0.717) is 41.9 Å². The molecule has 3 aromatic carbocycles. The molecule has 0 spiro atoms. The number of hydrogen-bond acceptors (Lipinski definition) is 2. The van der Waals surface area contributed by atoms with Crippen molar-refractivity contribution in [2.75, 3.05) is 13.2 Å². The van der Waals surface area contributed by atoms with Crippen molar-refractivity contribution in [3.8, 4) is 22.3 Å². The van der Waals surface area contributed by atoms with Crippen molar-refractivity contribution in [3.63, 3.8) is 0 Å². The van der Waals surface area contributed by atoms with Crippen LogP contribution in [0.3, 0.4) is 0 Å². The zero-order chi connectivity index (χ0) is 26.2. The third-order valence-electron chi connectivity index (χ3n) is 6.99. The molecule has 1 saturated heterocycles. The van der Waals surface area contributed by atoms with Gasteiger partial charge < -0.3 is 9.47 Å². The average molecular weight is 509 g/mol. The van der Waals surface area contributed by atoms with Crippen LogP contribution in [0.1, 0.15) is 62.9 Å². The number of halogens is 3. The summed E-state index contributed by atoms with van der Waals surface area (Å²) in [5.74, 6) is -1.71. The van der Waals surface area contributed by atoms with Gasteiger partial charge in [0.2, 0.25) is 0 Å². The van der Waals surface area contributed by atoms with Gasteiger partial charge in [0.15, 0.2) is 17.9 Å². The standard InChI is InChI=1S/C32H35F3O2/c1-3-5-7-8-10-25-15-17-27(31(35)30(25)34)24-13-11-23(12-14-24)26-16-18-28(29(33)19-26)32-36-20-22(21-37-32)9-6-4-2/h4,11-19,22,32H,2-3,5-10,20-21H2,1H3. The number of ether oxygens (including phenoxy) is 2. The first-order valence-electron chi connectivity index (χ1n) is 13.2. The molecular weight excluding hydrogens is 473 g/mol. The molecule has 0 aromatic heterocycles. The second kappa shape index (κ2) is 13.1. The number of benzene rings is 3. The molecule has 1 fully saturated rings. The highest BCUT2D eigenvalue weighted by molar-refractivity contribution is 5.71. The van der Waals surface area contributed by atoms with Crippen LogP contribution < -0.4 is 0 Å². The summed E-state index contributed by atoms with van der Waals surface area (Å²) in [6.45, 7) is 6.90. The van der Waals surface area contributed by atoms with Crippen LogP contribution in [0.4, 0.5) is 13.2 Å². The van der Waals surface area contributed by atoms with Crippen LogP contribution >= 0.6 is 0 Å². The van der Waals surface area contributed by atoms with Crippen LogP contribution in [-0.2, 0) is 15.9 Å². The van der Waals surface area contributed by atoms with E-state index in [0.717, 1.165) is 44.1 Å². The zero-order valence-electron chi connectivity index (χ0n) is 21.4. The van der Waals surface area contributed by atoms with Gasteiger partial charge >= 0.3 is 0 Å². The molecular formula is C32H35F3O2. The van der Waals surface area contributed by atoms with Crippen molar-refractivity contribution in [1.29, 1.82) is 0 Å². The van der Waals surface area contributed by atoms with E-state index in [1.165, 1.54) is 6.07 Å². The number of unbranched alkanes of at least 4 members (excludes halogenated alkanes) is 3. The highest BCUT2D eigenvalue weighted by Gasteiger charge is 2.25. The Morgan fingerprint density at radius 2 is 1.54 bits per heavy atom. The van der Waals surface area contributed by atoms with Crippen molar-refractivity contribution < 1.29 is 22.6 Å². The van der Waals surface area contributed by atoms with Gasteiger partial charge in [0.05, 0.1) is 13.2 Å². The van der Waals surface area contributed by atoms with Gasteiger partial charge in [-0.1, -0.05) is 80.8 Å². The average Bonchev–Trinajstić information content (AvgIpc) is 2.93. The molecule has 1 heterocycles. The van der Waals surface area contributed by atoms with Gasteiger partial charge in [0.25, 0.3) is 0 Å². The molecule has 0 N–H and O–H groups in total. The summed E-state index contributed by atoms with van der Waals surface area (Å²) in [6, 6.07) is 15.3. The lowest BCUT2D eigenvalue weighted by Crippen LogP contribution is -2.27. The van der Waals surface area contributed by atoms with Crippen molar-refractivity contribution in [2.45, 2.75) is 58.2 Å². The Morgan fingerprint density at radius 1 is 0.838 bits per heavy atom. The molecule has 0 unspecified atom stereocenters. The van der Waals surface area contributed by atoms with Gasteiger partial charge in [-0.25, -0.2) is 13.2 Å². The maximum Gasteiger partial charge on any atom is 0.186 e. The van der Waals surface area contributed by atoms with Crippen molar-refractivity contribution in [2.24, 2.45) is 5.92 Å². The Hall–Kier alpha value is -2.89. The van der Waals surface area contributed by atoms with Crippen LogP contribution in [0.5, 0.6) is 0 Å². The second-order valence-electron chi connectivity index (χ2n) is 9.76. The van der Waals surface area contributed by atoms with E-state index in [1.54, 1.807) is 42.5 Å². The molecule has 2 nitrogen and oxygen atoms in total. The molecule has 0 atom stereocenters. The number of rotatable bonds is 11. The number of aryl methyl sites for hydroxylation is 1. The molecule has 4 rings (SSSR count). The number of hydrogen-bond donors (Lipinski definition) is 0. The summed E-state index contributed by atoms with van der Waals surface area (Å²) in [5.41, 5.74) is 3.04. The Labute approximate surface area is 218 Å². The van der Waals surface area contributed by atoms with Crippen LogP contribution in [0.25, 0.3) is 22.3 Å². The van der Waals surface area contributed by atoms with E-state index >= 15 is 0 Å². The summed E-state index contributed by atoms with van der Waals surface area (Å²) in [7, 11) is 0. The fraction of sp³-hybridized carbons (Fsp3) is 0.375. The molecule has 1 aliphatic rings. The van der Waals surface area contributed by atoms with Crippen LogP contribution in [0.15, 0.2) is 67.3 Å². The number of allylic oxidation sites excluding steroid dienone is 1. The third-order valence-corrected chi connectivity index (χ3v) is 6.99. The molecule has 0 radical (unpaired) electrons. The lowest BCUT2D eigenvalue weighted by Gasteiger charge is -2.29. The molecule has 0 aliphatic carbocycles. The Morgan fingerprint density at radius 3 is 2.22 bits per heavy atom. The topological polar surface area (TPSA) is 18.5 Å². The minimum absolute atomic E-state index is 0.223. The van der Waals surface area contributed by atoms with Crippen molar-refractivity contribution in [3.05, 3.63) is 95.8 Å². The minimum atomic E-state index is -0.824. The largest absolute Gasteiger partial charge is 0.348 e. The first-order chi connectivity index (χ1) is 18.0. The van der Waals surface area contributed by atoms with Crippen LogP contribution in [0, 0.1) is 23.4 Å². The Bertz CT molecular complexity index is 1180. The van der Waals surface area contributed by atoms with Gasteiger partial charge in [-0.15, -0.1) is 6.58 Å². The van der Waals surface area contributed by atoms with Gasteiger partial charge in [0.1, 0.15) is 5.82 Å². The lowest BCUT2D eigenvalue weighted by molar-refractivity contribution is -0.207. The lowest BCUT2D eigenvalue weighted by atomic mass is 9.97. The minimum Gasteiger partial charge on any atom is -0.348 e. The van der Waals surface area contributed by atoms with Gasteiger partial charge in [0, 0.05) is 17.0 Å². The normalized spacial score (nSPS) is 17.6. The zero-order valence-corrected chi connectivity index (χ0v) is 21.4. The van der Waals surface area contributed by atoms with Crippen LogP contribution in [-0.4, -0.2) is 13.2 Å². The SMILES string of the molecule is C=CCCC1COC(c2ccc(-c3ccc(-c4ccc(CCCCCC)c(F)c4F)cc3)cc2F)OC1. The molecule has 0 amide bonds. The van der Waals surface area contributed by atoms with E-state index in [1.807, 2.05) is 12.1 Å². The Kier molecular flexibility index (Phi) is 9.59. The van der Waals surface area contributed by atoms with Crippen LogP contribution in [0.2, 0.25) is 0 Å². The summed E-state index contributed by atoms with van der Waals surface area (Å²) in [5, 5.41) is 0. The highest BCUT2D eigenvalue weighted by atomic mass is 19.2. The molecule has 196 valence electrons. The molecule has 1 aliphatic heterocycles. The molecule has 37 heavy (non-hydrogen) atoms. The van der Waals surface area contributed by atoms with Gasteiger partial charge in [-0.05, 0) is 54.0 Å². The van der Waals surface area contributed by atoms with E-state index in [2.05, 4.69) is 13.5 Å². The van der Waals surface area contributed by atoms with E-state index in [-0.39, 0.29) is 11.5 Å². The fourth-order valence-electron chi connectivity index (χ4n) is 4.73. The molecule has 0 saturated carbocycles. The summed E-state index contributed by atoms with van der Waals surface area (Å²) in [4.78, 5) is 0. The Balaban J connectivity index is 1.43. The van der Waals surface area contributed by atoms with Gasteiger partial charge in [-0.3, -0.25) is 0 Å². The summed E-state index contributed by atoms with van der Waals surface area (Å²) in [6.07, 6.45) is 7.59. The molecule has 3 aromatic rings. The third kappa shape index (κ3) is 6.71. The predicted molar refractivity (Wildman–Crippen MR) is 143 cm³/mol. The summed E-state index contributed by atoms with van der Waals surface area (Å²) >= 11 is 0. The summed E-state index contributed by atoms with van der Waals surface area (Å²) < 4.78 is 56.0. The predicted octanol–water partition coefficient (Wildman–Crippen LogP) is 9.19. The van der Waals surface area contributed by atoms with Crippen molar-refractivity contribution in [1.82, 2.24) is 0 Å².